The van der Waals surface area contributed by atoms with Gasteiger partial charge in [0.2, 0.25) is 5.91 Å². The molecular formula is C21H32N2OS. The Morgan fingerprint density at radius 1 is 1.12 bits per heavy atom. The molecule has 0 bridgehead atoms. The van der Waals surface area contributed by atoms with Gasteiger partial charge in [-0.1, -0.05) is 32.1 Å². The van der Waals surface area contributed by atoms with Crippen LogP contribution in [0.4, 0.5) is 0 Å². The zero-order valence-electron chi connectivity index (χ0n) is 15.4. The van der Waals surface area contributed by atoms with Gasteiger partial charge in [-0.05, 0) is 53.5 Å². The lowest BCUT2D eigenvalue weighted by Crippen LogP contribution is -2.56. The highest BCUT2D eigenvalue weighted by atomic mass is 32.1. The van der Waals surface area contributed by atoms with Gasteiger partial charge in [0.25, 0.3) is 0 Å². The van der Waals surface area contributed by atoms with Crippen molar-refractivity contribution in [2.75, 3.05) is 19.6 Å². The van der Waals surface area contributed by atoms with Crippen molar-refractivity contribution in [2.24, 2.45) is 11.8 Å². The average Bonchev–Trinajstić information content (AvgIpc) is 3.15. The topological polar surface area (TPSA) is 23.6 Å². The molecule has 138 valence electrons. The Morgan fingerprint density at radius 2 is 2.00 bits per heavy atom. The summed E-state index contributed by atoms with van der Waals surface area (Å²) in [6.07, 6.45) is 11.3. The second-order valence-electron chi connectivity index (χ2n) is 8.40. The van der Waals surface area contributed by atoms with E-state index in [0.717, 1.165) is 38.4 Å². The van der Waals surface area contributed by atoms with E-state index < -0.39 is 0 Å². The van der Waals surface area contributed by atoms with Gasteiger partial charge in [-0.3, -0.25) is 9.69 Å². The maximum absolute atomic E-state index is 12.6. The Hall–Kier alpha value is -0.870. The summed E-state index contributed by atoms with van der Waals surface area (Å²) in [7, 11) is 0. The van der Waals surface area contributed by atoms with Crippen LogP contribution in [0.2, 0.25) is 0 Å². The summed E-state index contributed by atoms with van der Waals surface area (Å²) in [6.45, 7) is 4.43. The molecule has 1 amide bonds. The maximum atomic E-state index is 12.6. The standard InChI is InChI=1S/C21H32N2OS/c24-21-7-6-19-15-22(14-18-10-13-25-16-18)11-9-20(19)23(21)12-8-17-4-2-1-3-5-17/h10,13,16-17,19-20H,1-9,11-12,14-15H2/t19-,20+/m1/s1. The molecule has 1 saturated carbocycles. The molecular weight excluding hydrogens is 328 g/mol. The first-order valence-corrected chi connectivity index (χ1v) is 11.3. The number of likely N-dealkylation sites (tertiary alicyclic amines) is 2. The third kappa shape index (κ3) is 4.28. The molecule has 2 atom stereocenters. The molecule has 4 rings (SSSR count). The summed E-state index contributed by atoms with van der Waals surface area (Å²) in [5.74, 6) is 2.00. The molecule has 1 aromatic heterocycles. The van der Waals surface area contributed by atoms with Gasteiger partial charge in [0, 0.05) is 38.6 Å². The first-order chi connectivity index (χ1) is 12.3. The molecule has 1 aliphatic carbocycles. The van der Waals surface area contributed by atoms with Crippen LogP contribution in [-0.2, 0) is 11.3 Å². The maximum Gasteiger partial charge on any atom is 0.222 e. The van der Waals surface area contributed by atoms with Crippen molar-refractivity contribution >= 4 is 17.2 Å². The molecule has 0 unspecified atom stereocenters. The van der Waals surface area contributed by atoms with Crippen molar-refractivity contribution in [3.63, 3.8) is 0 Å². The second kappa shape index (κ2) is 8.22. The number of thiophene rings is 1. The minimum Gasteiger partial charge on any atom is -0.339 e. The molecule has 0 N–H and O–H groups in total. The van der Waals surface area contributed by atoms with E-state index in [-0.39, 0.29) is 0 Å². The number of carbonyl (C=O) groups is 1. The summed E-state index contributed by atoms with van der Waals surface area (Å²) < 4.78 is 0. The number of piperidine rings is 2. The van der Waals surface area contributed by atoms with Crippen molar-refractivity contribution < 1.29 is 4.79 Å². The van der Waals surface area contributed by atoms with Crippen LogP contribution in [0.3, 0.4) is 0 Å². The Balaban J connectivity index is 1.32. The lowest BCUT2D eigenvalue weighted by molar-refractivity contribution is -0.141. The van der Waals surface area contributed by atoms with E-state index in [1.807, 2.05) is 0 Å². The van der Waals surface area contributed by atoms with Gasteiger partial charge in [0.1, 0.15) is 0 Å². The predicted molar refractivity (Wildman–Crippen MR) is 104 cm³/mol. The van der Waals surface area contributed by atoms with Crippen LogP contribution in [0.25, 0.3) is 0 Å². The predicted octanol–water partition coefficient (Wildman–Crippen LogP) is 4.53. The van der Waals surface area contributed by atoms with E-state index in [2.05, 4.69) is 26.6 Å². The number of amides is 1. The van der Waals surface area contributed by atoms with Gasteiger partial charge in [-0.25, -0.2) is 0 Å². The summed E-state index contributed by atoms with van der Waals surface area (Å²) in [5.41, 5.74) is 1.45. The summed E-state index contributed by atoms with van der Waals surface area (Å²) in [5, 5.41) is 4.45. The van der Waals surface area contributed by atoms with Gasteiger partial charge in [-0.15, -0.1) is 0 Å². The SMILES string of the molecule is O=C1CC[C@@H]2CN(Cc3ccsc3)CC[C@@H]2N1CCC1CCCCC1. The zero-order valence-corrected chi connectivity index (χ0v) is 16.2. The van der Waals surface area contributed by atoms with Crippen LogP contribution in [0.5, 0.6) is 0 Å². The van der Waals surface area contributed by atoms with Gasteiger partial charge in [0.15, 0.2) is 0 Å². The normalized spacial score (nSPS) is 29.0. The highest BCUT2D eigenvalue weighted by Crippen LogP contribution is 2.33. The van der Waals surface area contributed by atoms with Crippen molar-refractivity contribution in [1.29, 1.82) is 0 Å². The summed E-state index contributed by atoms with van der Waals surface area (Å²) in [6, 6.07) is 2.76. The molecule has 4 heteroatoms. The Bertz CT molecular complexity index is 552. The highest BCUT2D eigenvalue weighted by molar-refractivity contribution is 7.07. The van der Waals surface area contributed by atoms with Gasteiger partial charge < -0.3 is 4.90 Å². The lowest BCUT2D eigenvalue weighted by atomic mass is 9.82. The molecule has 3 fully saturated rings. The summed E-state index contributed by atoms with van der Waals surface area (Å²) in [4.78, 5) is 17.5. The van der Waals surface area contributed by atoms with Crippen molar-refractivity contribution in [2.45, 2.75) is 70.4 Å². The number of hydrogen-bond donors (Lipinski definition) is 0. The van der Waals surface area contributed by atoms with E-state index in [1.54, 1.807) is 11.3 Å². The monoisotopic (exact) mass is 360 g/mol. The molecule has 1 aromatic rings. The number of fused-ring (bicyclic) bond motifs is 1. The first-order valence-electron chi connectivity index (χ1n) is 10.3. The first kappa shape index (κ1) is 17.5. The Morgan fingerprint density at radius 3 is 2.80 bits per heavy atom. The molecule has 25 heavy (non-hydrogen) atoms. The minimum absolute atomic E-state index is 0.434. The highest BCUT2D eigenvalue weighted by Gasteiger charge is 2.39. The van der Waals surface area contributed by atoms with Crippen LogP contribution in [0.15, 0.2) is 16.8 Å². The lowest BCUT2D eigenvalue weighted by Gasteiger charge is -2.47. The van der Waals surface area contributed by atoms with Crippen LogP contribution >= 0.6 is 11.3 Å². The third-order valence-corrected chi connectivity index (χ3v) is 7.45. The van der Waals surface area contributed by atoms with Crippen molar-refractivity contribution in [1.82, 2.24) is 9.80 Å². The molecule has 2 aliphatic heterocycles. The number of nitrogens with zero attached hydrogens (tertiary/aromatic N) is 2. The number of carbonyl (C=O) groups excluding carboxylic acids is 1. The van der Waals surface area contributed by atoms with Gasteiger partial charge in [-0.2, -0.15) is 11.3 Å². The van der Waals surface area contributed by atoms with E-state index >= 15 is 0 Å². The van der Waals surface area contributed by atoms with Crippen molar-refractivity contribution in [3.05, 3.63) is 22.4 Å². The van der Waals surface area contributed by atoms with E-state index in [9.17, 15) is 4.79 Å². The largest absolute Gasteiger partial charge is 0.339 e. The van der Waals surface area contributed by atoms with E-state index in [0.29, 0.717) is 17.9 Å². The van der Waals surface area contributed by atoms with Gasteiger partial charge >= 0.3 is 0 Å². The van der Waals surface area contributed by atoms with Gasteiger partial charge in [0.05, 0.1) is 0 Å². The average molecular weight is 361 g/mol. The second-order valence-corrected chi connectivity index (χ2v) is 9.18. The van der Waals surface area contributed by atoms with Crippen LogP contribution in [0.1, 0.15) is 63.4 Å². The molecule has 2 saturated heterocycles. The third-order valence-electron chi connectivity index (χ3n) is 6.72. The number of rotatable bonds is 5. The Labute approximate surface area is 156 Å². The molecule has 0 radical (unpaired) electrons. The van der Waals surface area contributed by atoms with E-state index in [1.165, 1.54) is 57.1 Å². The minimum atomic E-state index is 0.434. The van der Waals surface area contributed by atoms with Crippen LogP contribution in [-0.4, -0.2) is 41.4 Å². The molecule has 3 aliphatic rings. The quantitative estimate of drug-likeness (QED) is 0.770. The Kier molecular flexibility index (Phi) is 5.76. The fraction of sp³-hybridized carbons (Fsp3) is 0.762. The summed E-state index contributed by atoms with van der Waals surface area (Å²) >= 11 is 1.79. The van der Waals surface area contributed by atoms with Crippen LogP contribution in [0, 0.1) is 11.8 Å². The molecule has 0 aromatic carbocycles. The zero-order chi connectivity index (χ0) is 17.1. The van der Waals surface area contributed by atoms with Crippen molar-refractivity contribution in [3.8, 4) is 0 Å². The smallest absolute Gasteiger partial charge is 0.222 e. The fourth-order valence-electron chi connectivity index (χ4n) is 5.30. The number of hydrogen-bond acceptors (Lipinski definition) is 3. The molecule has 0 spiro atoms. The van der Waals surface area contributed by atoms with E-state index in [4.69, 9.17) is 0 Å². The van der Waals surface area contributed by atoms with Crippen LogP contribution < -0.4 is 0 Å². The molecule has 3 nitrogen and oxygen atoms in total. The molecule has 3 heterocycles. The fourth-order valence-corrected chi connectivity index (χ4v) is 5.96.